The summed E-state index contributed by atoms with van der Waals surface area (Å²) in [6, 6.07) is 6.16. The van der Waals surface area contributed by atoms with Crippen molar-refractivity contribution in [1.29, 1.82) is 0 Å². The number of halogens is 1. The molecule has 0 saturated heterocycles. The van der Waals surface area contributed by atoms with E-state index >= 15 is 0 Å². The molecule has 7 nitrogen and oxygen atoms in total. The fraction of sp³-hybridized carbons (Fsp3) is 0.273. The van der Waals surface area contributed by atoms with Crippen molar-refractivity contribution >= 4 is 17.0 Å². The molecule has 8 heteroatoms. The molecule has 3 heterocycles. The van der Waals surface area contributed by atoms with Crippen LogP contribution in [0, 0.1) is 12.7 Å². The number of nitrogens with one attached hydrogen (secondary N) is 1. The topological polar surface area (TPSA) is 85.8 Å². The quantitative estimate of drug-likeness (QED) is 0.527. The summed E-state index contributed by atoms with van der Waals surface area (Å²) in [4.78, 5) is 16.9. The van der Waals surface area contributed by atoms with Crippen molar-refractivity contribution in [3.8, 4) is 5.69 Å². The number of pyridine rings is 1. The lowest BCUT2D eigenvalue weighted by molar-refractivity contribution is 0.0939. The summed E-state index contributed by atoms with van der Waals surface area (Å²) in [5.74, 6) is -0.573. The number of nitrogens with zero attached hydrogens (tertiary/aromatic N) is 4. The molecule has 4 aromatic rings. The molecule has 3 aromatic heterocycles. The second-order valence-electron chi connectivity index (χ2n) is 7.67. The first-order chi connectivity index (χ1) is 14.3. The molecule has 1 atom stereocenters. The van der Waals surface area contributed by atoms with E-state index in [2.05, 4.69) is 20.6 Å². The van der Waals surface area contributed by atoms with Gasteiger partial charge in [0.15, 0.2) is 0 Å². The van der Waals surface area contributed by atoms with Crippen molar-refractivity contribution in [1.82, 2.24) is 25.2 Å². The maximum Gasteiger partial charge on any atom is 0.257 e. The van der Waals surface area contributed by atoms with Crippen LogP contribution in [0.1, 0.15) is 59.9 Å². The predicted molar refractivity (Wildman–Crippen MR) is 110 cm³/mol. The summed E-state index contributed by atoms with van der Waals surface area (Å²) >= 11 is 0. The highest BCUT2D eigenvalue weighted by atomic mass is 19.1. The number of hydrogen-bond acceptors (Lipinski definition) is 5. The lowest BCUT2D eigenvalue weighted by Gasteiger charge is -2.15. The van der Waals surface area contributed by atoms with Gasteiger partial charge in [0.25, 0.3) is 11.6 Å². The molecular weight excluding hydrogens is 385 g/mol. The van der Waals surface area contributed by atoms with Crippen LogP contribution >= 0.6 is 0 Å². The Morgan fingerprint density at radius 2 is 2.00 bits per heavy atom. The number of aromatic nitrogens is 4. The van der Waals surface area contributed by atoms with Crippen LogP contribution in [0.4, 0.5) is 4.39 Å². The first-order valence-electron chi connectivity index (χ1n) is 9.70. The van der Waals surface area contributed by atoms with Gasteiger partial charge in [-0.25, -0.2) is 14.1 Å². The molecule has 30 heavy (non-hydrogen) atoms. The number of benzene rings is 1. The van der Waals surface area contributed by atoms with Crippen LogP contribution in [-0.4, -0.2) is 25.8 Å². The smallest absolute Gasteiger partial charge is 0.257 e. The predicted octanol–water partition coefficient (Wildman–Crippen LogP) is 4.47. The van der Waals surface area contributed by atoms with E-state index in [0.717, 1.165) is 16.6 Å². The standard InChI is InChI=1S/C22H22FN5O2/c1-12(2)20-17-7-16(10-24-22(17)30-27-20)21(29)26-14(4)15-5-6-19(18(23)8-15)28-11-13(3)9-25-28/h5-12,14H,1-4H3,(H,26,29). The van der Waals surface area contributed by atoms with E-state index in [9.17, 15) is 9.18 Å². The molecule has 1 N–H and O–H groups in total. The zero-order valence-corrected chi connectivity index (χ0v) is 17.2. The minimum atomic E-state index is -0.411. The third-order valence-electron chi connectivity index (χ3n) is 4.94. The number of rotatable bonds is 5. The van der Waals surface area contributed by atoms with Crippen LogP contribution in [0.2, 0.25) is 0 Å². The monoisotopic (exact) mass is 407 g/mol. The van der Waals surface area contributed by atoms with Gasteiger partial charge < -0.3 is 9.84 Å². The molecule has 1 unspecified atom stereocenters. The highest BCUT2D eigenvalue weighted by molar-refractivity contribution is 5.97. The van der Waals surface area contributed by atoms with Gasteiger partial charge in [-0.3, -0.25) is 4.79 Å². The van der Waals surface area contributed by atoms with Crippen molar-refractivity contribution in [3.63, 3.8) is 0 Å². The Hall–Kier alpha value is -3.55. The molecule has 4 rings (SSSR count). The average molecular weight is 407 g/mol. The fourth-order valence-electron chi connectivity index (χ4n) is 3.28. The van der Waals surface area contributed by atoms with Crippen LogP contribution in [0.25, 0.3) is 16.8 Å². The first kappa shape index (κ1) is 19.8. The molecule has 0 saturated carbocycles. The minimum Gasteiger partial charge on any atom is -0.345 e. The molecule has 0 aliphatic rings. The number of aryl methyl sites for hydroxylation is 1. The average Bonchev–Trinajstić information content (AvgIpc) is 3.33. The number of hydrogen-bond donors (Lipinski definition) is 1. The highest BCUT2D eigenvalue weighted by Crippen LogP contribution is 2.25. The maximum absolute atomic E-state index is 14.6. The molecule has 0 bridgehead atoms. The first-order valence-corrected chi connectivity index (χ1v) is 9.70. The van der Waals surface area contributed by atoms with Gasteiger partial charge in [-0.05, 0) is 49.1 Å². The van der Waals surface area contributed by atoms with E-state index < -0.39 is 11.9 Å². The van der Waals surface area contributed by atoms with Gasteiger partial charge in [0.2, 0.25) is 0 Å². The van der Waals surface area contributed by atoms with Gasteiger partial charge in [-0.2, -0.15) is 5.10 Å². The number of amides is 1. The normalized spacial score (nSPS) is 12.5. The fourth-order valence-corrected chi connectivity index (χ4v) is 3.28. The van der Waals surface area contributed by atoms with Crippen LogP contribution < -0.4 is 5.32 Å². The summed E-state index contributed by atoms with van der Waals surface area (Å²) in [6.07, 6.45) is 4.87. The Morgan fingerprint density at radius 3 is 2.67 bits per heavy atom. The molecule has 0 radical (unpaired) electrons. The molecule has 0 spiro atoms. The number of fused-ring (bicyclic) bond motifs is 1. The van der Waals surface area contributed by atoms with E-state index in [0.29, 0.717) is 22.5 Å². The van der Waals surface area contributed by atoms with Gasteiger partial charge in [-0.1, -0.05) is 25.1 Å². The van der Waals surface area contributed by atoms with E-state index in [4.69, 9.17) is 4.52 Å². The number of carbonyl (C=O) groups excluding carboxylic acids is 1. The Kier molecular flexibility index (Phi) is 5.07. The molecule has 0 fully saturated rings. The lowest BCUT2D eigenvalue weighted by Crippen LogP contribution is -2.26. The summed E-state index contributed by atoms with van der Waals surface area (Å²) in [7, 11) is 0. The zero-order chi connectivity index (χ0) is 21.4. The Morgan fingerprint density at radius 1 is 1.20 bits per heavy atom. The second-order valence-corrected chi connectivity index (χ2v) is 7.67. The molecule has 1 aromatic carbocycles. The van der Waals surface area contributed by atoms with Gasteiger partial charge in [0, 0.05) is 12.4 Å². The van der Waals surface area contributed by atoms with Crippen LogP contribution in [-0.2, 0) is 0 Å². The largest absolute Gasteiger partial charge is 0.345 e. The molecule has 154 valence electrons. The summed E-state index contributed by atoms with van der Waals surface area (Å²) in [5.41, 5.74) is 3.49. The van der Waals surface area contributed by atoms with E-state index in [-0.39, 0.29) is 11.8 Å². The van der Waals surface area contributed by atoms with Gasteiger partial charge in [0.05, 0.1) is 28.9 Å². The van der Waals surface area contributed by atoms with E-state index in [1.54, 1.807) is 37.5 Å². The minimum absolute atomic E-state index is 0.144. The van der Waals surface area contributed by atoms with Crippen molar-refractivity contribution in [3.05, 3.63) is 71.1 Å². The third kappa shape index (κ3) is 3.68. The Labute approximate surface area is 172 Å². The van der Waals surface area contributed by atoms with E-state index in [1.807, 2.05) is 20.8 Å². The Balaban J connectivity index is 1.54. The number of carbonyl (C=O) groups is 1. The summed E-state index contributed by atoms with van der Waals surface area (Å²) in [6.45, 7) is 7.68. The van der Waals surface area contributed by atoms with Crippen molar-refractivity contribution in [2.75, 3.05) is 0 Å². The second kappa shape index (κ2) is 7.70. The lowest BCUT2D eigenvalue weighted by atomic mass is 10.1. The summed E-state index contributed by atoms with van der Waals surface area (Å²) in [5, 5.41) is 11.8. The van der Waals surface area contributed by atoms with Crippen molar-refractivity contribution in [2.45, 2.75) is 39.7 Å². The van der Waals surface area contributed by atoms with Gasteiger partial charge >= 0.3 is 0 Å². The molecule has 1 amide bonds. The van der Waals surface area contributed by atoms with Crippen LogP contribution in [0.3, 0.4) is 0 Å². The van der Waals surface area contributed by atoms with Gasteiger partial charge in [0.1, 0.15) is 11.5 Å². The third-order valence-corrected chi connectivity index (χ3v) is 4.94. The van der Waals surface area contributed by atoms with Gasteiger partial charge in [-0.15, -0.1) is 0 Å². The molecular formula is C22H22FN5O2. The van der Waals surface area contributed by atoms with E-state index in [1.165, 1.54) is 16.9 Å². The van der Waals surface area contributed by atoms with Crippen molar-refractivity contribution in [2.24, 2.45) is 0 Å². The SMILES string of the molecule is Cc1cnn(-c2ccc(C(C)NC(=O)c3cnc4onc(C(C)C)c4c3)cc2F)c1. The maximum atomic E-state index is 14.6. The molecule has 0 aliphatic carbocycles. The summed E-state index contributed by atoms with van der Waals surface area (Å²) < 4.78 is 21.3. The Bertz CT molecular complexity index is 1230. The highest BCUT2D eigenvalue weighted by Gasteiger charge is 2.18. The zero-order valence-electron chi connectivity index (χ0n) is 17.2. The molecule has 0 aliphatic heterocycles. The van der Waals surface area contributed by atoms with Crippen LogP contribution in [0.5, 0.6) is 0 Å². The van der Waals surface area contributed by atoms with Crippen molar-refractivity contribution < 1.29 is 13.7 Å². The van der Waals surface area contributed by atoms with Crippen LogP contribution in [0.15, 0.2) is 47.4 Å².